The van der Waals surface area contributed by atoms with E-state index in [-0.39, 0.29) is 23.8 Å². The predicted octanol–water partition coefficient (Wildman–Crippen LogP) is 0.287. The molecule has 0 amide bonds. The molecule has 4 heteroatoms. The summed E-state index contributed by atoms with van der Waals surface area (Å²) in [6.45, 7) is -0.437. The molecule has 0 aromatic carbocycles. The Bertz CT molecular complexity index is 436. The van der Waals surface area contributed by atoms with Gasteiger partial charge >= 0.3 is 0 Å². The van der Waals surface area contributed by atoms with E-state index in [1.807, 2.05) is 6.07 Å². The number of hydrogen-bond acceptors (Lipinski definition) is 3. The molecule has 80 valence electrons. The van der Waals surface area contributed by atoms with E-state index in [1.165, 1.54) is 6.07 Å². The number of Topliss-reactive ketones (excluding diaryl/α,β-unsaturated/α-hetero) is 1. The second kappa shape index (κ2) is 3.98. The van der Waals surface area contributed by atoms with E-state index in [2.05, 4.69) is 0 Å². The summed E-state index contributed by atoms with van der Waals surface area (Å²) in [6.07, 6.45) is 1.90. The number of aliphatic hydroxyl groups is 1. The minimum Gasteiger partial charge on any atom is -0.389 e. The van der Waals surface area contributed by atoms with Crippen molar-refractivity contribution in [1.82, 2.24) is 4.57 Å². The molecule has 0 spiro atoms. The monoisotopic (exact) mass is 207 g/mol. The summed E-state index contributed by atoms with van der Waals surface area (Å²) < 4.78 is 1.67. The maximum atomic E-state index is 11.6. The van der Waals surface area contributed by atoms with Gasteiger partial charge in [-0.2, -0.15) is 0 Å². The van der Waals surface area contributed by atoms with Crippen LogP contribution in [-0.2, 0) is 11.2 Å². The molecule has 1 aromatic rings. The minimum absolute atomic E-state index is 0.0549. The summed E-state index contributed by atoms with van der Waals surface area (Å²) in [5.41, 5.74) is 0.930. The van der Waals surface area contributed by atoms with Crippen LogP contribution in [-0.4, -0.2) is 22.1 Å². The number of aromatic nitrogens is 1. The van der Waals surface area contributed by atoms with Gasteiger partial charge in [0.2, 0.25) is 0 Å². The molecule has 1 N–H and O–H groups in total. The molecular weight excluding hydrogens is 194 g/mol. The highest BCUT2D eigenvalue weighted by Gasteiger charge is 2.24. The first-order valence-corrected chi connectivity index (χ1v) is 5.05. The summed E-state index contributed by atoms with van der Waals surface area (Å²) in [6, 6.07) is 5.09. The van der Waals surface area contributed by atoms with E-state index in [0.29, 0.717) is 0 Å². The van der Waals surface area contributed by atoms with Crippen LogP contribution >= 0.6 is 0 Å². The van der Waals surface area contributed by atoms with Gasteiger partial charge in [0.05, 0.1) is 0 Å². The molecule has 1 atom stereocenters. The summed E-state index contributed by atoms with van der Waals surface area (Å²) >= 11 is 0. The summed E-state index contributed by atoms with van der Waals surface area (Å²) in [7, 11) is 0. The van der Waals surface area contributed by atoms with E-state index in [9.17, 15) is 9.59 Å². The van der Waals surface area contributed by atoms with Crippen LogP contribution < -0.4 is 5.56 Å². The third kappa shape index (κ3) is 1.85. The predicted molar refractivity (Wildman–Crippen MR) is 54.8 cm³/mol. The van der Waals surface area contributed by atoms with E-state index in [0.717, 1.165) is 18.5 Å². The molecule has 1 aliphatic rings. The van der Waals surface area contributed by atoms with Gasteiger partial charge in [-0.15, -0.1) is 0 Å². The molecule has 0 radical (unpaired) electrons. The van der Waals surface area contributed by atoms with Crippen molar-refractivity contribution >= 4 is 5.78 Å². The summed E-state index contributed by atoms with van der Waals surface area (Å²) in [5, 5.41) is 8.68. The number of carbonyl (C=O) groups excluding carboxylic acids is 1. The first-order valence-electron chi connectivity index (χ1n) is 5.05. The summed E-state index contributed by atoms with van der Waals surface area (Å²) in [5.74, 6) is -0.205. The molecule has 1 aromatic heterocycles. The second-order valence-corrected chi connectivity index (χ2v) is 3.82. The standard InChI is InChI=1S/C11H13NO3/c13-7-10(14)6-9-5-4-8-2-1-3-11(15)12(8)9/h1-3,9,13H,4-7H2. The van der Waals surface area contributed by atoms with Crippen molar-refractivity contribution in [3.63, 3.8) is 0 Å². The lowest BCUT2D eigenvalue weighted by molar-refractivity contribution is -0.122. The molecule has 4 nitrogen and oxygen atoms in total. The van der Waals surface area contributed by atoms with Crippen molar-refractivity contribution in [1.29, 1.82) is 0 Å². The largest absolute Gasteiger partial charge is 0.389 e. The fourth-order valence-electron chi connectivity index (χ4n) is 2.13. The van der Waals surface area contributed by atoms with Crippen LogP contribution in [0.3, 0.4) is 0 Å². The third-order valence-corrected chi connectivity index (χ3v) is 2.81. The van der Waals surface area contributed by atoms with Crippen molar-refractivity contribution in [3.8, 4) is 0 Å². The highest BCUT2D eigenvalue weighted by atomic mass is 16.3. The molecular formula is C11H13NO3. The lowest BCUT2D eigenvalue weighted by atomic mass is 10.1. The number of hydrogen-bond donors (Lipinski definition) is 1. The van der Waals surface area contributed by atoms with Crippen LogP contribution in [0.5, 0.6) is 0 Å². The lowest BCUT2D eigenvalue weighted by Gasteiger charge is -2.12. The number of nitrogens with zero attached hydrogens (tertiary/aromatic N) is 1. The smallest absolute Gasteiger partial charge is 0.250 e. The van der Waals surface area contributed by atoms with E-state index in [1.54, 1.807) is 10.6 Å². The third-order valence-electron chi connectivity index (χ3n) is 2.81. The number of pyridine rings is 1. The quantitative estimate of drug-likeness (QED) is 0.774. The average molecular weight is 207 g/mol. The molecule has 2 rings (SSSR count). The van der Waals surface area contributed by atoms with Gasteiger partial charge in [0.25, 0.3) is 5.56 Å². The number of fused-ring (bicyclic) bond motifs is 1. The van der Waals surface area contributed by atoms with Gasteiger partial charge in [-0.05, 0) is 18.9 Å². The zero-order chi connectivity index (χ0) is 10.8. The van der Waals surface area contributed by atoms with Crippen LogP contribution in [0.1, 0.15) is 24.6 Å². The maximum Gasteiger partial charge on any atom is 0.250 e. The molecule has 0 bridgehead atoms. The minimum atomic E-state index is -0.437. The van der Waals surface area contributed by atoms with Crippen molar-refractivity contribution in [2.75, 3.05) is 6.61 Å². The van der Waals surface area contributed by atoms with Gasteiger partial charge in [-0.25, -0.2) is 0 Å². The Morgan fingerprint density at radius 1 is 1.53 bits per heavy atom. The number of ketones is 1. The van der Waals surface area contributed by atoms with Gasteiger partial charge in [-0.1, -0.05) is 6.07 Å². The first kappa shape index (κ1) is 10.1. The Kier molecular flexibility index (Phi) is 2.68. The van der Waals surface area contributed by atoms with Crippen molar-refractivity contribution in [2.24, 2.45) is 0 Å². The SMILES string of the molecule is O=C(CO)CC1CCc2cccc(=O)n21. The first-order chi connectivity index (χ1) is 7.22. The number of rotatable bonds is 3. The normalized spacial score (nSPS) is 18.9. The average Bonchev–Trinajstić information content (AvgIpc) is 2.63. The van der Waals surface area contributed by atoms with Crippen molar-refractivity contribution < 1.29 is 9.90 Å². The topological polar surface area (TPSA) is 59.3 Å². The van der Waals surface area contributed by atoms with Crippen LogP contribution in [0.25, 0.3) is 0 Å². The molecule has 15 heavy (non-hydrogen) atoms. The zero-order valence-corrected chi connectivity index (χ0v) is 8.35. The molecule has 0 fully saturated rings. The molecule has 1 aliphatic heterocycles. The molecule has 0 saturated carbocycles. The van der Waals surface area contributed by atoms with Crippen LogP contribution in [0.15, 0.2) is 23.0 Å². The van der Waals surface area contributed by atoms with Gasteiger partial charge in [0, 0.05) is 24.2 Å². The Hall–Kier alpha value is -1.42. The van der Waals surface area contributed by atoms with E-state index in [4.69, 9.17) is 5.11 Å². The second-order valence-electron chi connectivity index (χ2n) is 3.82. The highest BCUT2D eigenvalue weighted by Crippen LogP contribution is 2.25. The molecule has 1 unspecified atom stereocenters. The fourth-order valence-corrected chi connectivity index (χ4v) is 2.13. The van der Waals surface area contributed by atoms with Crippen molar-refractivity contribution in [3.05, 3.63) is 34.2 Å². The van der Waals surface area contributed by atoms with Gasteiger partial charge < -0.3 is 9.67 Å². The molecule has 0 saturated heterocycles. The highest BCUT2D eigenvalue weighted by molar-refractivity contribution is 5.79. The lowest BCUT2D eigenvalue weighted by Crippen LogP contribution is -2.24. The van der Waals surface area contributed by atoms with E-state index >= 15 is 0 Å². The van der Waals surface area contributed by atoms with Gasteiger partial charge in [-0.3, -0.25) is 9.59 Å². The number of aliphatic hydroxyl groups excluding tert-OH is 1. The maximum absolute atomic E-state index is 11.6. The van der Waals surface area contributed by atoms with Gasteiger partial charge in [0.1, 0.15) is 6.61 Å². The Balaban J connectivity index is 2.28. The number of carbonyl (C=O) groups is 1. The Labute approximate surface area is 87.2 Å². The van der Waals surface area contributed by atoms with E-state index < -0.39 is 6.61 Å². The zero-order valence-electron chi connectivity index (χ0n) is 8.35. The molecule has 0 aliphatic carbocycles. The Morgan fingerprint density at radius 2 is 2.33 bits per heavy atom. The van der Waals surface area contributed by atoms with Gasteiger partial charge in [0.15, 0.2) is 5.78 Å². The number of aryl methyl sites for hydroxylation is 1. The Morgan fingerprint density at radius 3 is 3.07 bits per heavy atom. The molecule has 2 heterocycles. The van der Waals surface area contributed by atoms with Crippen LogP contribution in [0.4, 0.5) is 0 Å². The van der Waals surface area contributed by atoms with Crippen molar-refractivity contribution in [2.45, 2.75) is 25.3 Å². The fraction of sp³-hybridized carbons (Fsp3) is 0.455. The summed E-state index contributed by atoms with van der Waals surface area (Å²) in [4.78, 5) is 22.7. The van der Waals surface area contributed by atoms with Crippen LogP contribution in [0, 0.1) is 0 Å². The van der Waals surface area contributed by atoms with Crippen LogP contribution in [0.2, 0.25) is 0 Å².